The second-order valence-electron chi connectivity index (χ2n) is 9.79. The third-order valence-corrected chi connectivity index (χ3v) is 5.95. The number of hydrogen-bond donors (Lipinski definition) is 1. The average Bonchev–Trinajstić information content (AvgIpc) is 2.83. The van der Waals surface area contributed by atoms with E-state index in [1.54, 1.807) is 0 Å². The predicted molar refractivity (Wildman–Crippen MR) is 158 cm³/mol. The molecule has 0 unspecified atom stereocenters. The summed E-state index contributed by atoms with van der Waals surface area (Å²) in [6, 6.07) is 18.4. The summed E-state index contributed by atoms with van der Waals surface area (Å²) in [6.45, 7) is 21.1. The van der Waals surface area contributed by atoms with Crippen LogP contribution in [0.25, 0.3) is 0 Å². The molecule has 0 spiro atoms. The molecule has 2 rings (SSSR count). The Morgan fingerprint density at radius 2 is 1.75 bits per heavy atom. The lowest BCUT2D eigenvalue weighted by Gasteiger charge is -2.30. The Morgan fingerprint density at radius 1 is 1.06 bits per heavy atom. The molecule has 36 heavy (non-hydrogen) atoms. The number of amides is 1. The molecule has 0 aliphatic rings. The molecule has 0 aromatic heterocycles. The number of carbonyl (C=O) groups excluding carboxylic acids is 1. The molecule has 0 bridgehead atoms. The summed E-state index contributed by atoms with van der Waals surface area (Å²) in [5, 5.41) is 2.71. The van der Waals surface area contributed by atoms with E-state index in [0.717, 1.165) is 43.1 Å². The van der Waals surface area contributed by atoms with Gasteiger partial charge in [0.05, 0.1) is 0 Å². The first-order valence-corrected chi connectivity index (χ1v) is 13.3. The third-order valence-electron chi connectivity index (χ3n) is 5.95. The highest BCUT2D eigenvalue weighted by Crippen LogP contribution is 2.25. The van der Waals surface area contributed by atoms with Gasteiger partial charge in [-0.15, -0.1) is 0 Å². The van der Waals surface area contributed by atoms with E-state index in [0.29, 0.717) is 0 Å². The van der Waals surface area contributed by atoms with Crippen molar-refractivity contribution in [1.29, 1.82) is 0 Å². The normalized spacial score (nSPS) is 11.8. The SMILES string of the molecule is C=C/C(Cc1ccccc1)=C(\C(C)=C/C)N(CCC)CCCC(C)C.CC(=O)Nc1cccc(C)c1. The number of anilines is 1. The molecule has 0 heterocycles. The topological polar surface area (TPSA) is 32.3 Å². The van der Waals surface area contributed by atoms with Gasteiger partial charge < -0.3 is 10.2 Å². The molecule has 0 radical (unpaired) electrons. The van der Waals surface area contributed by atoms with E-state index in [-0.39, 0.29) is 5.91 Å². The number of nitrogens with one attached hydrogen (secondary N) is 1. The predicted octanol–water partition coefficient (Wildman–Crippen LogP) is 8.74. The maximum absolute atomic E-state index is 10.6. The monoisotopic (exact) mass is 488 g/mol. The van der Waals surface area contributed by atoms with Crippen molar-refractivity contribution in [2.75, 3.05) is 18.4 Å². The van der Waals surface area contributed by atoms with Gasteiger partial charge in [0.15, 0.2) is 0 Å². The Kier molecular flexibility index (Phi) is 14.9. The number of rotatable bonds is 12. The number of nitrogens with zero attached hydrogens (tertiary/aromatic N) is 1. The molecule has 0 saturated heterocycles. The van der Waals surface area contributed by atoms with E-state index in [1.165, 1.54) is 42.2 Å². The minimum atomic E-state index is -0.0319. The van der Waals surface area contributed by atoms with Crippen LogP contribution in [0.2, 0.25) is 0 Å². The zero-order valence-corrected chi connectivity index (χ0v) is 23.7. The van der Waals surface area contributed by atoms with Crippen LogP contribution in [0.1, 0.15) is 71.9 Å². The quantitative estimate of drug-likeness (QED) is 0.303. The van der Waals surface area contributed by atoms with E-state index in [1.807, 2.05) is 31.2 Å². The molecular formula is C33H48N2O. The first kappa shape index (κ1) is 31.0. The number of allylic oxidation sites excluding steroid dienone is 4. The first-order chi connectivity index (χ1) is 17.2. The summed E-state index contributed by atoms with van der Waals surface area (Å²) in [7, 11) is 0. The Labute approximate surface area is 221 Å². The summed E-state index contributed by atoms with van der Waals surface area (Å²) < 4.78 is 0. The Hall–Kier alpha value is -3.07. The summed E-state index contributed by atoms with van der Waals surface area (Å²) in [6.07, 6.45) is 8.92. The molecule has 2 aromatic carbocycles. The molecule has 0 saturated carbocycles. The fourth-order valence-electron chi connectivity index (χ4n) is 4.13. The zero-order chi connectivity index (χ0) is 26.9. The van der Waals surface area contributed by atoms with Gasteiger partial charge in [-0.1, -0.05) is 82.0 Å². The molecule has 0 atom stereocenters. The summed E-state index contributed by atoms with van der Waals surface area (Å²) in [4.78, 5) is 13.2. The molecule has 1 N–H and O–H groups in total. The van der Waals surface area contributed by atoms with E-state index in [2.05, 4.69) is 93.9 Å². The van der Waals surface area contributed by atoms with Gasteiger partial charge in [-0.25, -0.2) is 0 Å². The number of aryl methyl sites for hydroxylation is 1. The van der Waals surface area contributed by atoms with Crippen LogP contribution < -0.4 is 5.32 Å². The van der Waals surface area contributed by atoms with Crippen molar-refractivity contribution in [2.24, 2.45) is 5.92 Å². The van der Waals surface area contributed by atoms with Gasteiger partial charge in [0.25, 0.3) is 0 Å². The molecule has 3 nitrogen and oxygen atoms in total. The summed E-state index contributed by atoms with van der Waals surface area (Å²) >= 11 is 0. The van der Waals surface area contributed by atoms with E-state index >= 15 is 0 Å². The molecule has 196 valence electrons. The van der Waals surface area contributed by atoms with Crippen LogP contribution in [0.3, 0.4) is 0 Å². The Morgan fingerprint density at radius 3 is 2.28 bits per heavy atom. The van der Waals surface area contributed by atoms with Gasteiger partial charge in [-0.05, 0) is 86.8 Å². The largest absolute Gasteiger partial charge is 0.371 e. The smallest absolute Gasteiger partial charge is 0.221 e. The van der Waals surface area contributed by atoms with Crippen molar-refractivity contribution < 1.29 is 4.79 Å². The highest BCUT2D eigenvalue weighted by Gasteiger charge is 2.15. The van der Waals surface area contributed by atoms with Crippen LogP contribution in [0, 0.1) is 12.8 Å². The average molecular weight is 489 g/mol. The minimum Gasteiger partial charge on any atom is -0.371 e. The number of carbonyl (C=O) groups is 1. The van der Waals surface area contributed by atoms with Crippen LogP contribution in [0.4, 0.5) is 5.69 Å². The van der Waals surface area contributed by atoms with Crippen LogP contribution in [-0.4, -0.2) is 23.9 Å². The molecule has 1 amide bonds. The Bertz CT molecular complexity index is 986. The lowest BCUT2D eigenvalue weighted by atomic mass is 9.98. The van der Waals surface area contributed by atoms with E-state index < -0.39 is 0 Å². The van der Waals surface area contributed by atoms with Gasteiger partial charge in [0, 0.05) is 31.4 Å². The summed E-state index contributed by atoms with van der Waals surface area (Å²) in [5.74, 6) is 0.734. The number of benzene rings is 2. The van der Waals surface area contributed by atoms with Gasteiger partial charge in [-0.3, -0.25) is 4.79 Å². The molecular weight excluding hydrogens is 440 g/mol. The lowest BCUT2D eigenvalue weighted by Crippen LogP contribution is -2.27. The second kappa shape index (κ2) is 17.4. The van der Waals surface area contributed by atoms with Crippen LogP contribution in [0.15, 0.2) is 90.2 Å². The Balaban J connectivity index is 0.000000488. The number of hydrogen-bond acceptors (Lipinski definition) is 2. The maximum Gasteiger partial charge on any atom is 0.221 e. The van der Waals surface area contributed by atoms with Gasteiger partial charge in [0.2, 0.25) is 5.91 Å². The second-order valence-corrected chi connectivity index (χ2v) is 9.79. The van der Waals surface area contributed by atoms with E-state index in [4.69, 9.17) is 0 Å². The first-order valence-electron chi connectivity index (χ1n) is 13.3. The van der Waals surface area contributed by atoms with Gasteiger partial charge in [-0.2, -0.15) is 0 Å². The van der Waals surface area contributed by atoms with Crippen molar-refractivity contribution in [3.8, 4) is 0 Å². The van der Waals surface area contributed by atoms with Crippen LogP contribution in [-0.2, 0) is 11.2 Å². The fraction of sp³-hybridized carbons (Fsp3) is 0.424. The molecule has 2 aromatic rings. The van der Waals surface area contributed by atoms with Gasteiger partial charge in [0.1, 0.15) is 0 Å². The lowest BCUT2D eigenvalue weighted by molar-refractivity contribution is -0.114. The van der Waals surface area contributed by atoms with Crippen LogP contribution in [0.5, 0.6) is 0 Å². The standard InChI is InChI=1S/C24H37N.C9H11NO/c1-7-17-25(18-13-14-20(4)5)24(21(6)8-2)23(9-3)19-22-15-11-10-12-16-22;1-7-4-3-5-9(6-7)10-8(2)11/h8-12,15-16,20H,3,7,13-14,17-19H2,1-2,4-6H3;3-6H,1-2H3,(H,10,11)/b21-8-,24-23-;. The fourth-order valence-corrected chi connectivity index (χ4v) is 4.13. The van der Waals surface area contributed by atoms with Gasteiger partial charge >= 0.3 is 0 Å². The molecule has 3 heteroatoms. The highest BCUT2D eigenvalue weighted by atomic mass is 16.1. The summed E-state index contributed by atoms with van der Waals surface area (Å²) in [5.41, 5.74) is 7.42. The maximum atomic E-state index is 10.6. The van der Waals surface area contributed by atoms with E-state index in [9.17, 15) is 4.79 Å². The molecule has 0 aliphatic carbocycles. The van der Waals surface area contributed by atoms with Crippen molar-refractivity contribution in [2.45, 2.75) is 74.1 Å². The van der Waals surface area contributed by atoms with Crippen LogP contribution >= 0.6 is 0 Å². The van der Waals surface area contributed by atoms with Crippen molar-refractivity contribution in [3.63, 3.8) is 0 Å². The van der Waals surface area contributed by atoms with Crippen molar-refractivity contribution in [1.82, 2.24) is 4.90 Å². The minimum absolute atomic E-state index is 0.0319. The van der Waals surface area contributed by atoms with Crippen molar-refractivity contribution >= 4 is 11.6 Å². The third kappa shape index (κ3) is 12.1. The molecule has 0 fully saturated rings. The highest BCUT2D eigenvalue weighted by molar-refractivity contribution is 5.88. The zero-order valence-electron chi connectivity index (χ0n) is 23.7. The molecule has 0 aliphatic heterocycles. The van der Waals surface area contributed by atoms with Crippen molar-refractivity contribution in [3.05, 3.63) is 101 Å².